The van der Waals surface area contributed by atoms with E-state index in [1.807, 2.05) is 31.3 Å². The van der Waals surface area contributed by atoms with Gasteiger partial charge in [-0.25, -0.2) is 4.98 Å². The summed E-state index contributed by atoms with van der Waals surface area (Å²) in [6, 6.07) is 5.96. The van der Waals surface area contributed by atoms with E-state index in [4.69, 9.17) is 0 Å². The van der Waals surface area contributed by atoms with Crippen molar-refractivity contribution in [2.24, 2.45) is 5.41 Å². The molecule has 0 amide bonds. The molecule has 1 fully saturated rings. The molecule has 1 saturated heterocycles. The third-order valence-electron chi connectivity index (χ3n) is 3.71. The molecule has 0 saturated carbocycles. The van der Waals surface area contributed by atoms with Crippen LogP contribution in [0.2, 0.25) is 0 Å². The second-order valence-electron chi connectivity index (χ2n) is 5.58. The third kappa shape index (κ3) is 3.65. The van der Waals surface area contributed by atoms with Crippen LogP contribution in [-0.2, 0) is 0 Å². The quantitative estimate of drug-likeness (QED) is 0.796. The number of nitrogens with zero attached hydrogens (tertiary/aromatic N) is 3. The first-order valence-electron chi connectivity index (χ1n) is 6.77. The lowest BCUT2D eigenvalue weighted by molar-refractivity contribution is 0.0336. The summed E-state index contributed by atoms with van der Waals surface area (Å²) in [5.41, 5.74) is -0.410. The average molecular weight is 265 g/mol. The number of anilines is 1. The van der Waals surface area contributed by atoms with Crippen LogP contribution in [0.4, 0.5) is 5.82 Å². The summed E-state index contributed by atoms with van der Waals surface area (Å²) in [5.74, 6) is 1.02. The maximum atomic E-state index is 9.34. The maximum Gasteiger partial charge on any atom is 0.128 e. The highest BCUT2D eigenvalue weighted by Gasteiger charge is 2.28. The lowest BCUT2D eigenvalue weighted by atomic mass is 9.92. The fraction of sp³-hybridized carbons (Fsp3) is 0.643. The van der Waals surface area contributed by atoms with Crippen molar-refractivity contribution in [1.29, 1.82) is 0 Å². The Kier molecular flexibility index (Phi) is 4.74. The molecule has 2 heterocycles. The van der Waals surface area contributed by atoms with Crippen molar-refractivity contribution in [1.82, 2.24) is 9.88 Å². The van der Waals surface area contributed by atoms with E-state index in [0.29, 0.717) is 0 Å². The van der Waals surface area contributed by atoms with E-state index in [-0.39, 0.29) is 13.2 Å². The van der Waals surface area contributed by atoms with Gasteiger partial charge in [-0.3, -0.25) is 4.90 Å². The number of rotatable bonds is 5. The van der Waals surface area contributed by atoms with Gasteiger partial charge in [0, 0.05) is 44.3 Å². The molecule has 0 unspecified atom stereocenters. The molecule has 2 rings (SSSR count). The molecule has 0 bridgehead atoms. The lowest BCUT2D eigenvalue weighted by Gasteiger charge is -2.39. The first-order valence-corrected chi connectivity index (χ1v) is 6.77. The first kappa shape index (κ1) is 14.2. The van der Waals surface area contributed by atoms with Crippen molar-refractivity contribution in [3.05, 3.63) is 24.4 Å². The molecule has 5 heteroatoms. The Morgan fingerprint density at radius 2 is 1.84 bits per heavy atom. The van der Waals surface area contributed by atoms with Crippen LogP contribution < -0.4 is 4.90 Å². The van der Waals surface area contributed by atoms with Crippen LogP contribution >= 0.6 is 0 Å². The monoisotopic (exact) mass is 265 g/mol. The molecule has 5 nitrogen and oxygen atoms in total. The van der Waals surface area contributed by atoms with E-state index in [1.165, 1.54) is 0 Å². The number of hydrogen-bond acceptors (Lipinski definition) is 5. The highest BCUT2D eigenvalue weighted by molar-refractivity contribution is 5.38. The average Bonchev–Trinajstić information content (AvgIpc) is 2.49. The normalized spacial score (nSPS) is 17.7. The Morgan fingerprint density at radius 3 is 2.37 bits per heavy atom. The molecular weight excluding hydrogens is 242 g/mol. The van der Waals surface area contributed by atoms with Gasteiger partial charge in [-0.15, -0.1) is 0 Å². The third-order valence-corrected chi connectivity index (χ3v) is 3.71. The first-order chi connectivity index (χ1) is 9.17. The van der Waals surface area contributed by atoms with Gasteiger partial charge in [0.15, 0.2) is 0 Å². The lowest BCUT2D eigenvalue weighted by Crippen LogP contribution is -2.51. The summed E-state index contributed by atoms with van der Waals surface area (Å²) in [6.07, 6.45) is 1.82. The van der Waals surface area contributed by atoms with E-state index in [1.54, 1.807) is 0 Å². The van der Waals surface area contributed by atoms with Crippen LogP contribution in [0.5, 0.6) is 0 Å². The van der Waals surface area contributed by atoms with Gasteiger partial charge in [0.05, 0.1) is 13.2 Å². The zero-order chi connectivity index (χ0) is 13.7. The summed E-state index contributed by atoms with van der Waals surface area (Å²) in [6.45, 7) is 6.42. The molecule has 0 radical (unpaired) electrons. The van der Waals surface area contributed by atoms with Crippen molar-refractivity contribution in [2.75, 3.05) is 50.8 Å². The molecule has 1 aliphatic rings. The van der Waals surface area contributed by atoms with E-state index in [2.05, 4.69) is 14.8 Å². The summed E-state index contributed by atoms with van der Waals surface area (Å²) < 4.78 is 0. The smallest absolute Gasteiger partial charge is 0.128 e. The SMILES string of the molecule is CC(CO)(CO)CN1CCN(c2ccccn2)CC1. The summed E-state index contributed by atoms with van der Waals surface area (Å²) in [5, 5.41) is 18.7. The standard InChI is InChI=1S/C14H23N3O2/c1-14(11-18,12-19)10-16-6-8-17(9-7-16)13-4-2-3-5-15-13/h2-5,18-19H,6-12H2,1H3. The fourth-order valence-electron chi connectivity index (χ4n) is 2.37. The summed E-state index contributed by atoms with van der Waals surface area (Å²) in [4.78, 5) is 8.93. The minimum Gasteiger partial charge on any atom is -0.396 e. The Hall–Kier alpha value is -1.17. The molecular formula is C14H23N3O2. The number of pyridine rings is 1. The molecule has 1 aromatic rings. The zero-order valence-electron chi connectivity index (χ0n) is 11.5. The van der Waals surface area contributed by atoms with E-state index in [0.717, 1.165) is 38.5 Å². The van der Waals surface area contributed by atoms with Crippen LogP contribution in [0, 0.1) is 5.41 Å². The topological polar surface area (TPSA) is 59.8 Å². The van der Waals surface area contributed by atoms with Gasteiger partial charge in [-0.2, -0.15) is 0 Å². The van der Waals surface area contributed by atoms with Crippen LogP contribution in [0.1, 0.15) is 6.92 Å². The second-order valence-corrected chi connectivity index (χ2v) is 5.58. The second kappa shape index (κ2) is 6.32. The summed E-state index contributed by atoms with van der Waals surface area (Å²) in [7, 11) is 0. The maximum absolute atomic E-state index is 9.34. The van der Waals surface area contributed by atoms with Crippen molar-refractivity contribution >= 4 is 5.82 Å². The molecule has 0 atom stereocenters. The van der Waals surface area contributed by atoms with E-state index in [9.17, 15) is 10.2 Å². The Bertz CT molecular complexity index is 374. The van der Waals surface area contributed by atoms with E-state index >= 15 is 0 Å². The molecule has 0 aliphatic carbocycles. The van der Waals surface area contributed by atoms with Gasteiger partial charge in [-0.05, 0) is 12.1 Å². The highest BCUT2D eigenvalue weighted by atomic mass is 16.3. The van der Waals surface area contributed by atoms with Gasteiger partial charge in [0.25, 0.3) is 0 Å². The van der Waals surface area contributed by atoms with Gasteiger partial charge < -0.3 is 15.1 Å². The van der Waals surface area contributed by atoms with Crippen LogP contribution in [-0.4, -0.2) is 66.0 Å². The minimum absolute atomic E-state index is 0.0178. The van der Waals surface area contributed by atoms with Crippen LogP contribution in [0.3, 0.4) is 0 Å². The zero-order valence-corrected chi connectivity index (χ0v) is 11.5. The van der Waals surface area contributed by atoms with Gasteiger partial charge in [0.1, 0.15) is 5.82 Å². The predicted molar refractivity (Wildman–Crippen MR) is 75.2 cm³/mol. The molecule has 1 aromatic heterocycles. The number of aliphatic hydroxyl groups excluding tert-OH is 2. The van der Waals surface area contributed by atoms with Crippen LogP contribution in [0.25, 0.3) is 0 Å². The fourth-order valence-corrected chi connectivity index (χ4v) is 2.37. The molecule has 0 aromatic carbocycles. The molecule has 1 aliphatic heterocycles. The molecule has 106 valence electrons. The van der Waals surface area contributed by atoms with Gasteiger partial charge >= 0.3 is 0 Å². The molecule has 0 spiro atoms. The number of piperazine rings is 1. The molecule has 19 heavy (non-hydrogen) atoms. The Balaban J connectivity index is 1.86. The number of aromatic nitrogens is 1. The van der Waals surface area contributed by atoms with E-state index < -0.39 is 5.41 Å². The van der Waals surface area contributed by atoms with Gasteiger partial charge in [-0.1, -0.05) is 13.0 Å². The van der Waals surface area contributed by atoms with Gasteiger partial charge in [0.2, 0.25) is 0 Å². The number of hydrogen-bond donors (Lipinski definition) is 2. The largest absolute Gasteiger partial charge is 0.396 e. The predicted octanol–water partition coefficient (Wildman–Crippen LogP) is 0.194. The Labute approximate surface area is 114 Å². The highest BCUT2D eigenvalue weighted by Crippen LogP contribution is 2.19. The van der Waals surface area contributed by atoms with Crippen molar-refractivity contribution in [3.63, 3.8) is 0 Å². The number of aliphatic hydroxyl groups is 2. The minimum atomic E-state index is -0.410. The molecule has 2 N–H and O–H groups in total. The van der Waals surface area contributed by atoms with Crippen LogP contribution in [0.15, 0.2) is 24.4 Å². The summed E-state index contributed by atoms with van der Waals surface area (Å²) >= 11 is 0. The Morgan fingerprint density at radius 1 is 1.16 bits per heavy atom. The van der Waals surface area contributed by atoms with Crippen molar-refractivity contribution in [2.45, 2.75) is 6.92 Å². The van der Waals surface area contributed by atoms with Crippen molar-refractivity contribution < 1.29 is 10.2 Å². The van der Waals surface area contributed by atoms with Crippen molar-refractivity contribution in [3.8, 4) is 0 Å².